The molecule has 0 aliphatic heterocycles. The molecular weight excluding hydrogens is 624 g/mol. The van der Waals surface area contributed by atoms with E-state index in [0.29, 0.717) is 28.4 Å². The van der Waals surface area contributed by atoms with E-state index in [1.54, 1.807) is 72.8 Å². The number of aliphatic carboxylic acids is 2. The number of benzene rings is 3. The van der Waals surface area contributed by atoms with Crippen LogP contribution in [0.3, 0.4) is 0 Å². The Hall–Kier alpha value is -5.16. The first kappa shape index (κ1) is 36.3. The zero-order valence-electron chi connectivity index (χ0n) is 26.1. The summed E-state index contributed by atoms with van der Waals surface area (Å²) >= 11 is 5.88. The highest BCUT2D eigenvalue weighted by Gasteiger charge is 2.27. The van der Waals surface area contributed by atoms with Gasteiger partial charge < -0.3 is 31.5 Å². The largest absolute Gasteiger partial charge is 0.480 e. The summed E-state index contributed by atoms with van der Waals surface area (Å²) in [5, 5.41) is 30.4. The monoisotopic (exact) mass is 662 g/mol. The summed E-state index contributed by atoms with van der Waals surface area (Å²) < 4.78 is 0. The maximum absolute atomic E-state index is 13.4. The fraction of sp³-hybridized carbons (Fsp3) is 0.286. The minimum atomic E-state index is -1.26. The van der Waals surface area contributed by atoms with Crippen LogP contribution in [0.1, 0.15) is 50.2 Å². The van der Waals surface area contributed by atoms with E-state index in [4.69, 9.17) is 11.6 Å². The molecule has 0 aliphatic carbocycles. The van der Waals surface area contributed by atoms with Gasteiger partial charge in [-0.15, -0.1) is 0 Å². The normalized spacial score (nSPS) is 12.9. The molecule has 0 spiro atoms. The number of carboxylic acids is 2. The van der Waals surface area contributed by atoms with Gasteiger partial charge in [0.2, 0.25) is 11.8 Å². The Kier molecular flexibility index (Phi) is 14.0. The van der Waals surface area contributed by atoms with Crippen LogP contribution in [0.5, 0.6) is 0 Å². The minimum Gasteiger partial charge on any atom is -0.480 e. The predicted octanol–water partition coefficient (Wildman–Crippen LogP) is 5.83. The highest BCUT2D eigenvalue weighted by molar-refractivity contribution is 6.30. The van der Waals surface area contributed by atoms with Crippen LogP contribution >= 0.6 is 11.6 Å². The van der Waals surface area contributed by atoms with E-state index in [0.717, 1.165) is 5.56 Å². The third-order valence-electron chi connectivity index (χ3n) is 7.06. The molecule has 11 nitrogen and oxygen atoms in total. The number of urea groups is 1. The summed E-state index contributed by atoms with van der Waals surface area (Å²) in [6, 6.07) is 19.4. The molecule has 0 saturated heterocycles. The van der Waals surface area contributed by atoms with Crippen LogP contribution < -0.4 is 21.3 Å². The van der Waals surface area contributed by atoms with Crippen molar-refractivity contribution in [2.45, 2.75) is 57.5 Å². The number of amides is 4. The molecule has 3 unspecified atom stereocenters. The molecule has 3 aromatic rings. The zero-order chi connectivity index (χ0) is 34.3. The molecule has 0 aromatic heterocycles. The van der Waals surface area contributed by atoms with Crippen LogP contribution in [0.25, 0.3) is 0 Å². The summed E-state index contributed by atoms with van der Waals surface area (Å²) in [4.78, 5) is 61.8. The van der Waals surface area contributed by atoms with Gasteiger partial charge in [-0.05, 0) is 72.7 Å². The molecule has 0 aliphatic rings. The highest BCUT2D eigenvalue weighted by Crippen LogP contribution is 2.26. The minimum absolute atomic E-state index is 0.0257. The zero-order valence-corrected chi connectivity index (χ0v) is 26.9. The first-order chi connectivity index (χ1) is 22.4. The number of halogens is 1. The van der Waals surface area contributed by atoms with Crippen LogP contribution in [-0.4, -0.2) is 52.1 Å². The molecule has 12 heteroatoms. The lowest BCUT2D eigenvalue weighted by molar-refractivity contribution is -0.142. The number of nitrogens with one attached hydrogen (secondary N) is 4. The summed E-state index contributed by atoms with van der Waals surface area (Å²) in [7, 11) is 0. The second-order valence-corrected chi connectivity index (χ2v) is 11.8. The number of carbonyl (C=O) groups excluding carboxylic acids is 3. The summed E-state index contributed by atoms with van der Waals surface area (Å²) in [5.41, 5.74) is 2.45. The van der Waals surface area contributed by atoms with Gasteiger partial charge in [-0.2, -0.15) is 0 Å². The third-order valence-corrected chi connectivity index (χ3v) is 7.31. The van der Waals surface area contributed by atoms with Gasteiger partial charge in [0.05, 0.1) is 12.3 Å². The third kappa shape index (κ3) is 12.6. The fourth-order valence-corrected chi connectivity index (χ4v) is 4.82. The molecule has 47 heavy (non-hydrogen) atoms. The standard InChI is InChI=1S/C35H39ClN4O7/c1-22(2)20-28(24-12-16-26(17-13-24)37-35(47)38-27-18-14-25(36)15-19-27)32(42)40-30(34(45)46)11-7-6-10-29(33(43)44)39-31(41)21-23-8-4-3-5-9-23/h3-9,12-19,22,28-30H,10-11,20-21H2,1-2H3,(H,39,41)(H,40,42)(H,43,44)(H,45,46)(H2,37,38,47)/b7-6+. The lowest BCUT2D eigenvalue weighted by Crippen LogP contribution is -2.43. The van der Waals surface area contributed by atoms with Crippen molar-refractivity contribution >= 4 is 52.8 Å². The Morgan fingerprint density at radius 3 is 1.74 bits per heavy atom. The molecule has 248 valence electrons. The van der Waals surface area contributed by atoms with Gasteiger partial charge in [-0.25, -0.2) is 14.4 Å². The van der Waals surface area contributed by atoms with Crippen molar-refractivity contribution in [3.8, 4) is 0 Å². The molecular formula is C35H39ClN4O7. The second kappa shape index (κ2) is 18.1. The maximum Gasteiger partial charge on any atom is 0.326 e. The number of rotatable bonds is 16. The van der Waals surface area contributed by atoms with Crippen molar-refractivity contribution in [2.75, 3.05) is 10.6 Å². The lowest BCUT2D eigenvalue weighted by atomic mass is 9.89. The molecule has 6 N–H and O–H groups in total. The Bertz CT molecular complexity index is 1540. The van der Waals surface area contributed by atoms with Crippen LogP contribution in [-0.2, 0) is 25.6 Å². The van der Waals surface area contributed by atoms with Crippen molar-refractivity contribution < 1.29 is 34.2 Å². The van der Waals surface area contributed by atoms with Gasteiger partial charge in [-0.1, -0.05) is 80.1 Å². The van der Waals surface area contributed by atoms with Crippen LogP contribution in [0, 0.1) is 5.92 Å². The molecule has 3 aromatic carbocycles. The molecule has 0 bridgehead atoms. The van der Waals surface area contributed by atoms with Gasteiger partial charge in [0.1, 0.15) is 12.1 Å². The van der Waals surface area contributed by atoms with E-state index in [-0.39, 0.29) is 25.2 Å². The molecule has 0 fully saturated rings. The van der Waals surface area contributed by atoms with Gasteiger partial charge in [0.25, 0.3) is 0 Å². The van der Waals surface area contributed by atoms with Gasteiger partial charge >= 0.3 is 18.0 Å². The van der Waals surface area contributed by atoms with Crippen molar-refractivity contribution in [3.63, 3.8) is 0 Å². The van der Waals surface area contributed by atoms with E-state index in [2.05, 4.69) is 21.3 Å². The number of carbonyl (C=O) groups is 5. The number of anilines is 2. The first-order valence-corrected chi connectivity index (χ1v) is 15.5. The van der Waals surface area contributed by atoms with E-state index < -0.39 is 47.8 Å². The van der Waals surface area contributed by atoms with Crippen molar-refractivity contribution in [3.05, 3.63) is 107 Å². The predicted molar refractivity (Wildman–Crippen MR) is 180 cm³/mol. The van der Waals surface area contributed by atoms with Gasteiger partial charge in [0, 0.05) is 16.4 Å². The van der Waals surface area contributed by atoms with Crippen LogP contribution in [0.4, 0.5) is 16.2 Å². The lowest BCUT2D eigenvalue weighted by Gasteiger charge is -2.22. The summed E-state index contributed by atoms with van der Waals surface area (Å²) in [5.74, 6) is -3.94. The van der Waals surface area contributed by atoms with Crippen molar-refractivity contribution in [2.24, 2.45) is 5.92 Å². The average molecular weight is 663 g/mol. The van der Waals surface area contributed by atoms with E-state index in [9.17, 15) is 34.2 Å². The summed E-state index contributed by atoms with van der Waals surface area (Å²) in [6.07, 6.45) is 3.27. The van der Waals surface area contributed by atoms with Crippen LogP contribution in [0.15, 0.2) is 91.0 Å². The number of hydrogen-bond donors (Lipinski definition) is 6. The van der Waals surface area contributed by atoms with Crippen molar-refractivity contribution in [1.82, 2.24) is 10.6 Å². The van der Waals surface area contributed by atoms with Crippen LogP contribution in [0.2, 0.25) is 5.02 Å². The summed E-state index contributed by atoms with van der Waals surface area (Å²) in [6.45, 7) is 3.90. The van der Waals surface area contributed by atoms with Crippen molar-refractivity contribution in [1.29, 1.82) is 0 Å². The van der Waals surface area contributed by atoms with Gasteiger partial charge in [-0.3, -0.25) is 9.59 Å². The Morgan fingerprint density at radius 1 is 0.723 bits per heavy atom. The Balaban J connectivity index is 1.58. The van der Waals surface area contributed by atoms with Gasteiger partial charge in [0.15, 0.2) is 0 Å². The fourth-order valence-electron chi connectivity index (χ4n) is 4.70. The highest BCUT2D eigenvalue weighted by atomic mass is 35.5. The quantitative estimate of drug-likeness (QED) is 0.105. The topological polar surface area (TPSA) is 174 Å². The smallest absolute Gasteiger partial charge is 0.326 e. The second-order valence-electron chi connectivity index (χ2n) is 11.4. The molecule has 0 saturated carbocycles. The molecule has 4 amide bonds. The molecule has 0 radical (unpaired) electrons. The number of carboxylic acid groups (broad SMARTS) is 2. The molecule has 3 atom stereocenters. The average Bonchev–Trinajstić information content (AvgIpc) is 3.02. The Morgan fingerprint density at radius 2 is 1.23 bits per heavy atom. The Labute approximate surface area is 278 Å². The van der Waals surface area contributed by atoms with E-state index >= 15 is 0 Å². The maximum atomic E-state index is 13.4. The number of hydrogen-bond acceptors (Lipinski definition) is 5. The first-order valence-electron chi connectivity index (χ1n) is 15.1. The molecule has 0 heterocycles. The van der Waals surface area contributed by atoms with E-state index in [1.807, 2.05) is 19.9 Å². The molecule has 3 rings (SSSR count). The SMILES string of the molecule is CC(C)CC(C(=O)NC(C/C=C/CC(NC(=O)Cc1ccccc1)C(=O)O)C(=O)O)c1ccc(NC(=O)Nc2ccc(Cl)cc2)cc1. The van der Waals surface area contributed by atoms with E-state index in [1.165, 1.54) is 12.2 Å².